The van der Waals surface area contributed by atoms with Gasteiger partial charge in [-0.05, 0) is 43.2 Å². The van der Waals surface area contributed by atoms with Crippen molar-refractivity contribution in [1.29, 1.82) is 0 Å². The number of amides is 1. The molecule has 1 aliphatic heterocycles. The van der Waals surface area contributed by atoms with Crippen LogP contribution in [0.1, 0.15) is 19.3 Å². The molecule has 1 aromatic heterocycles. The summed E-state index contributed by atoms with van der Waals surface area (Å²) in [6, 6.07) is 10.9. The second-order valence-electron chi connectivity index (χ2n) is 6.60. The Morgan fingerprint density at radius 2 is 2.00 bits per heavy atom. The molecule has 2 aromatic rings. The van der Waals surface area contributed by atoms with Crippen LogP contribution in [0.3, 0.4) is 0 Å². The van der Waals surface area contributed by atoms with Crippen LogP contribution in [0.4, 0.5) is 4.39 Å². The van der Waals surface area contributed by atoms with Crippen molar-refractivity contribution in [1.82, 2.24) is 9.47 Å². The maximum Gasteiger partial charge on any atom is 0.250 e. The molecule has 5 nitrogen and oxygen atoms in total. The van der Waals surface area contributed by atoms with E-state index in [-0.39, 0.29) is 23.2 Å². The number of aryl methyl sites for hydroxylation is 1. The first-order chi connectivity index (χ1) is 12.6. The van der Waals surface area contributed by atoms with Gasteiger partial charge in [0.25, 0.3) is 5.56 Å². The average molecular weight is 358 g/mol. The minimum atomic E-state index is -0.288. The number of hydrogen-bond acceptors (Lipinski definition) is 3. The topological polar surface area (TPSA) is 51.5 Å². The largest absolute Gasteiger partial charge is 0.493 e. The average Bonchev–Trinajstić information content (AvgIpc) is 2.67. The number of nitrogens with zero attached hydrogens (tertiary/aromatic N) is 2. The standard InChI is InChI=1S/C20H23FN2O3/c21-17-6-8-18(9-7-17)26-15-16-4-3-12-23(14-16)20(25)10-13-22-11-2-1-5-19(22)24/h1-2,5-9,11,16H,3-4,10,12-15H2/t16-/m1/s1. The van der Waals surface area contributed by atoms with Crippen LogP contribution in [0.15, 0.2) is 53.5 Å². The second-order valence-corrected chi connectivity index (χ2v) is 6.60. The fourth-order valence-electron chi connectivity index (χ4n) is 3.19. The summed E-state index contributed by atoms with van der Waals surface area (Å²) in [6.07, 6.45) is 3.96. The predicted molar refractivity (Wildman–Crippen MR) is 96.5 cm³/mol. The smallest absolute Gasteiger partial charge is 0.250 e. The van der Waals surface area contributed by atoms with Crippen LogP contribution in [0.25, 0.3) is 0 Å². The number of carbonyl (C=O) groups is 1. The van der Waals surface area contributed by atoms with Gasteiger partial charge in [-0.15, -0.1) is 0 Å². The van der Waals surface area contributed by atoms with Gasteiger partial charge in [0.1, 0.15) is 11.6 Å². The Morgan fingerprint density at radius 3 is 2.77 bits per heavy atom. The molecule has 0 saturated carbocycles. The lowest BCUT2D eigenvalue weighted by Crippen LogP contribution is -2.42. The maximum atomic E-state index is 12.9. The molecule has 1 aromatic carbocycles. The Hall–Kier alpha value is -2.63. The van der Waals surface area contributed by atoms with Crippen molar-refractivity contribution in [2.45, 2.75) is 25.8 Å². The van der Waals surface area contributed by atoms with Gasteiger partial charge in [0.2, 0.25) is 5.91 Å². The number of carbonyl (C=O) groups excluding carboxylic acids is 1. The SMILES string of the molecule is O=C(CCn1ccccc1=O)N1CCC[C@@H](COc2ccc(F)cc2)C1. The molecule has 1 atom stereocenters. The lowest BCUT2D eigenvalue weighted by atomic mass is 9.98. The number of piperidine rings is 1. The van der Waals surface area contributed by atoms with Gasteiger partial charge in [0, 0.05) is 44.2 Å². The number of ether oxygens (including phenoxy) is 1. The highest BCUT2D eigenvalue weighted by molar-refractivity contribution is 5.76. The molecule has 0 radical (unpaired) electrons. The first kappa shape index (κ1) is 18.2. The van der Waals surface area contributed by atoms with Crippen molar-refractivity contribution in [3.8, 4) is 5.75 Å². The van der Waals surface area contributed by atoms with Crippen molar-refractivity contribution in [3.05, 3.63) is 64.8 Å². The number of rotatable bonds is 6. The normalized spacial score (nSPS) is 17.1. The van der Waals surface area contributed by atoms with E-state index >= 15 is 0 Å². The van der Waals surface area contributed by atoms with Gasteiger partial charge in [-0.2, -0.15) is 0 Å². The fraction of sp³-hybridized carbons (Fsp3) is 0.400. The van der Waals surface area contributed by atoms with Crippen molar-refractivity contribution >= 4 is 5.91 Å². The first-order valence-electron chi connectivity index (χ1n) is 8.93. The summed E-state index contributed by atoms with van der Waals surface area (Å²) in [5, 5.41) is 0. The lowest BCUT2D eigenvalue weighted by Gasteiger charge is -2.32. The molecule has 0 aliphatic carbocycles. The number of benzene rings is 1. The van der Waals surface area contributed by atoms with Crippen LogP contribution in [-0.4, -0.2) is 35.1 Å². The van der Waals surface area contributed by atoms with E-state index in [4.69, 9.17) is 4.74 Å². The molecule has 0 unspecified atom stereocenters. The highest BCUT2D eigenvalue weighted by Crippen LogP contribution is 2.19. The summed E-state index contributed by atoms with van der Waals surface area (Å²) >= 11 is 0. The number of pyridine rings is 1. The highest BCUT2D eigenvalue weighted by atomic mass is 19.1. The molecule has 1 aliphatic rings. The quantitative estimate of drug-likeness (QED) is 0.798. The summed E-state index contributed by atoms with van der Waals surface area (Å²) in [4.78, 5) is 26.0. The van der Waals surface area contributed by atoms with E-state index in [0.29, 0.717) is 31.9 Å². The molecule has 138 valence electrons. The molecule has 26 heavy (non-hydrogen) atoms. The van der Waals surface area contributed by atoms with Crippen LogP contribution >= 0.6 is 0 Å². The second kappa shape index (κ2) is 8.65. The van der Waals surface area contributed by atoms with E-state index in [9.17, 15) is 14.0 Å². The van der Waals surface area contributed by atoms with Crippen LogP contribution in [0, 0.1) is 11.7 Å². The predicted octanol–water partition coefficient (Wildman–Crippen LogP) is 2.70. The molecule has 1 amide bonds. The Balaban J connectivity index is 1.48. The first-order valence-corrected chi connectivity index (χ1v) is 8.93. The number of halogens is 1. The van der Waals surface area contributed by atoms with Gasteiger partial charge in [0.05, 0.1) is 6.61 Å². The van der Waals surface area contributed by atoms with Crippen molar-refractivity contribution < 1.29 is 13.9 Å². The minimum absolute atomic E-state index is 0.0623. The van der Waals surface area contributed by atoms with Gasteiger partial charge in [-0.3, -0.25) is 9.59 Å². The molecular weight excluding hydrogens is 335 g/mol. The molecule has 1 saturated heterocycles. The molecular formula is C20H23FN2O3. The third kappa shape index (κ3) is 4.94. The summed E-state index contributed by atoms with van der Waals surface area (Å²) < 4.78 is 20.2. The Bertz CT molecular complexity index is 788. The molecule has 0 bridgehead atoms. The van der Waals surface area contributed by atoms with Gasteiger partial charge in [-0.1, -0.05) is 6.07 Å². The number of hydrogen-bond donors (Lipinski definition) is 0. The highest BCUT2D eigenvalue weighted by Gasteiger charge is 2.24. The zero-order valence-corrected chi connectivity index (χ0v) is 14.6. The summed E-state index contributed by atoms with van der Waals surface area (Å²) in [6.45, 7) is 2.30. The van der Waals surface area contributed by atoms with Crippen molar-refractivity contribution in [2.75, 3.05) is 19.7 Å². The molecule has 6 heteroatoms. The van der Waals surface area contributed by atoms with E-state index in [1.165, 1.54) is 18.2 Å². The summed E-state index contributed by atoms with van der Waals surface area (Å²) in [7, 11) is 0. The van der Waals surface area contributed by atoms with Gasteiger partial charge in [-0.25, -0.2) is 4.39 Å². The van der Waals surface area contributed by atoms with Crippen LogP contribution in [-0.2, 0) is 11.3 Å². The third-order valence-electron chi connectivity index (χ3n) is 4.64. The fourth-order valence-corrected chi connectivity index (χ4v) is 3.19. The minimum Gasteiger partial charge on any atom is -0.493 e. The van der Waals surface area contributed by atoms with Gasteiger partial charge < -0.3 is 14.2 Å². The van der Waals surface area contributed by atoms with Crippen molar-refractivity contribution in [3.63, 3.8) is 0 Å². The lowest BCUT2D eigenvalue weighted by molar-refractivity contribution is -0.133. The van der Waals surface area contributed by atoms with E-state index < -0.39 is 0 Å². The van der Waals surface area contributed by atoms with E-state index in [2.05, 4.69) is 0 Å². The molecule has 0 N–H and O–H groups in total. The van der Waals surface area contributed by atoms with Crippen molar-refractivity contribution in [2.24, 2.45) is 5.92 Å². The number of likely N-dealkylation sites (tertiary alicyclic amines) is 1. The molecule has 2 heterocycles. The Kier molecular flexibility index (Phi) is 6.04. The van der Waals surface area contributed by atoms with Crippen LogP contribution < -0.4 is 10.3 Å². The Morgan fingerprint density at radius 1 is 1.19 bits per heavy atom. The Labute approximate surface area is 152 Å². The zero-order valence-electron chi connectivity index (χ0n) is 14.6. The zero-order chi connectivity index (χ0) is 18.4. The number of aromatic nitrogens is 1. The van der Waals surface area contributed by atoms with E-state index in [0.717, 1.165) is 19.4 Å². The summed E-state index contributed by atoms with van der Waals surface area (Å²) in [5.74, 6) is 0.673. The molecule has 0 spiro atoms. The van der Waals surface area contributed by atoms with E-state index in [1.807, 2.05) is 4.90 Å². The van der Waals surface area contributed by atoms with Gasteiger partial charge in [0.15, 0.2) is 0 Å². The summed E-state index contributed by atoms with van der Waals surface area (Å²) in [5.41, 5.74) is -0.0930. The third-order valence-corrected chi connectivity index (χ3v) is 4.64. The molecule has 1 fully saturated rings. The van der Waals surface area contributed by atoms with Crippen LogP contribution in [0.2, 0.25) is 0 Å². The van der Waals surface area contributed by atoms with Crippen LogP contribution in [0.5, 0.6) is 5.75 Å². The monoisotopic (exact) mass is 358 g/mol. The molecule has 3 rings (SSSR count). The van der Waals surface area contributed by atoms with Gasteiger partial charge >= 0.3 is 0 Å². The maximum absolute atomic E-state index is 12.9. The van der Waals surface area contributed by atoms with E-state index in [1.54, 1.807) is 35.0 Å².